The molecule has 0 saturated carbocycles. The molecule has 0 N–H and O–H groups in total. The summed E-state index contributed by atoms with van der Waals surface area (Å²) < 4.78 is 0. The van der Waals surface area contributed by atoms with E-state index in [-0.39, 0.29) is 0 Å². The highest BCUT2D eigenvalue weighted by molar-refractivity contribution is 5.87. The van der Waals surface area contributed by atoms with E-state index in [0.717, 1.165) is 55.6 Å². The Hall–Kier alpha value is -5.93. The first-order valence-corrected chi connectivity index (χ1v) is 14.7. The van der Waals surface area contributed by atoms with Gasteiger partial charge in [-0.25, -0.2) is 15.0 Å². The van der Waals surface area contributed by atoms with E-state index >= 15 is 0 Å². The van der Waals surface area contributed by atoms with Crippen LogP contribution < -0.4 is 0 Å². The van der Waals surface area contributed by atoms with Crippen LogP contribution in [0.4, 0.5) is 0 Å². The lowest BCUT2D eigenvalue weighted by atomic mass is 9.96. The van der Waals surface area contributed by atoms with Crippen LogP contribution in [0.5, 0.6) is 0 Å². The average molecular weight is 564 g/mol. The Bertz CT molecular complexity index is 1970. The van der Waals surface area contributed by atoms with E-state index in [2.05, 4.69) is 134 Å². The summed E-state index contributed by atoms with van der Waals surface area (Å²) in [6.07, 6.45) is 1.86. The zero-order chi connectivity index (χ0) is 29.7. The summed E-state index contributed by atoms with van der Waals surface area (Å²) in [7, 11) is 0. The van der Waals surface area contributed by atoms with Crippen molar-refractivity contribution in [1.82, 2.24) is 15.0 Å². The van der Waals surface area contributed by atoms with Crippen molar-refractivity contribution in [2.45, 2.75) is 0 Å². The average Bonchev–Trinajstić information content (AvgIpc) is 3.12. The lowest BCUT2D eigenvalue weighted by Crippen LogP contribution is -2.03. The zero-order valence-electron chi connectivity index (χ0n) is 24.1. The molecule has 0 spiro atoms. The normalized spacial score (nSPS) is 10.8. The van der Waals surface area contributed by atoms with Gasteiger partial charge in [-0.1, -0.05) is 164 Å². The van der Waals surface area contributed by atoms with Crippen LogP contribution in [0, 0.1) is 0 Å². The molecule has 0 atom stereocenters. The van der Waals surface area contributed by atoms with E-state index in [1.165, 1.54) is 0 Å². The fourth-order valence-corrected chi connectivity index (χ4v) is 5.58. The lowest BCUT2D eigenvalue weighted by molar-refractivity contribution is 1.07. The number of nitrogens with zero attached hydrogens (tertiary/aromatic N) is 3. The summed E-state index contributed by atoms with van der Waals surface area (Å²) in [5.41, 5.74) is 10.3. The van der Waals surface area contributed by atoms with E-state index in [9.17, 15) is 0 Å². The van der Waals surface area contributed by atoms with Gasteiger partial charge in [-0.2, -0.15) is 0 Å². The van der Waals surface area contributed by atoms with Crippen LogP contribution in [0.15, 0.2) is 164 Å². The minimum atomic E-state index is 0.610. The molecule has 1 heterocycles. The Morgan fingerprint density at radius 2 is 0.682 bits per heavy atom. The first-order valence-electron chi connectivity index (χ1n) is 14.7. The van der Waals surface area contributed by atoms with Gasteiger partial charge in [-0.05, 0) is 45.0 Å². The Morgan fingerprint density at radius 1 is 0.341 bits per heavy atom. The second-order valence-corrected chi connectivity index (χ2v) is 10.5. The van der Waals surface area contributed by atoms with Gasteiger partial charge in [-0.3, -0.25) is 0 Å². The van der Waals surface area contributed by atoms with Crippen molar-refractivity contribution in [2.24, 2.45) is 0 Å². The van der Waals surface area contributed by atoms with Gasteiger partial charge in [0.05, 0.1) is 0 Å². The van der Waals surface area contributed by atoms with Crippen LogP contribution in [0.3, 0.4) is 0 Å². The number of hydrogen-bond donors (Lipinski definition) is 0. The Morgan fingerprint density at radius 3 is 1.09 bits per heavy atom. The third-order valence-electron chi connectivity index (χ3n) is 7.75. The minimum Gasteiger partial charge on any atom is -0.208 e. The second-order valence-electron chi connectivity index (χ2n) is 10.5. The topological polar surface area (TPSA) is 38.7 Å². The number of benzene rings is 6. The van der Waals surface area contributed by atoms with Gasteiger partial charge >= 0.3 is 0 Å². The lowest BCUT2D eigenvalue weighted by Gasteiger charge is -2.15. The maximum absolute atomic E-state index is 5.19. The molecule has 6 aromatic carbocycles. The van der Waals surface area contributed by atoms with Crippen LogP contribution in [0.2, 0.25) is 0 Å². The molecule has 3 nitrogen and oxygen atoms in total. The fourth-order valence-electron chi connectivity index (χ4n) is 5.58. The molecule has 0 aliphatic rings. The molecule has 3 heteroatoms. The quantitative estimate of drug-likeness (QED) is 0.194. The highest BCUT2D eigenvalue weighted by Gasteiger charge is 2.19. The Balaban J connectivity index is 1.52. The number of rotatable bonds is 7. The van der Waals surface area contributed by atoms with Crippen LogP contribution in [-0.2, 0) is 0 Å². The van der Waals surface area contributed by atoms with Crippen LogP contribution in [0.1, 0.15) is 5.56 Å². The predicted molar refractivity (Wildman–Crippen MR) is 183 cm³/mol. The van der Waals surface area contributed by atoms with Crippen LogP contribution >= 0.6 is 0 Å². The highest BCUT2D eigenvalue weighted by Crippen LogP contribution is 2.37. The van der Waals surface area contributed by atoms with Crippen molar-refractivity contribution in [1.29, 1.82) is 0 Å². The molecule has 0 aliphatic heterocycles. The molecule has 0 fully saturated rings. The monoisotopic (exact) mass is 563 g/mol. The van der Waals surface area contributed by atoms with Gasteiger partial charge < -0.3 is 0 Å². The van der Waals surface area contributed by atoms with E-state index < -0.39 is 0 Å². The van der Waals surface area contributed by atoms with Gasteiger partial charge in [0.2, 0.25) is 0 Å². The van der Waals surface area contributed by atoms with Gasteiger partial charge in [0.1, 0.15) is 0 Å². The molecule has 208 valence electrons. The first kappa shape index (κ1) is 26.9. The van der Waals surface area contributed by atoms with Crippen LogP contribution in [-0.4, -0.2) is 15.0 Å². The van der Waals surface area contributed by atoms with Gasteiger partial charge in [-0.15, -0.1) is 0 Å². The zero-order valence-corrected chi connectivity index (χ0v) is 24.1. The first-order chi connectivity index (χ1) is 21.8. The molecule has 0 unspecified atom stereocenters. The standard InChI is InChI=1S/C41H29N3/c1-2-29-26-27-35(32-20-10-5-11-21-32)38(28-29)41-43-39(36-24-14-12-22-33(36)30-16-6-3-7-17-30)42-40(44-41)37-25-15-13-23-34(37)31-18-8-4-9-19-31/h2-28H,1H2. The van der Waals surface area contributed by atoms with Gasteiger partial charge in [0, 0.05) is 16.7 Å². The molecule has 0 aliphatic carbocycles. The molecular formula is C41H29N3. The minimum absolute atomic E-state index is 0.610. The van der Waals surface area contributed by atoms with Crippen molar-refractivity contribution in [3.63, 3.8) is 0 Å². The van der Waals surface area contributed by atoms with Crippen molar-refractivity contribution in [3.8, 4) is 67.5 Å². The highest BCUT2D eigenvalue weighted by atomic mass is 15.0. The van der Waals surface area contributed by atoms with Gasteiger partial charge in [0.25, 0.3) is 0 Å². The largest absolute Gasteiger partial charge is 0.208 e. The molecule has 0 bridgehead atoms. The molecule has 7 rings (SSSR count). The molecule has 1 aromatic heterocycles. The fraction of sp³-hybridized carbons (Fsp3) is 0. The molecule has 0 saturated heterocycles. The maximum atomic E-state index is 5.19. The summed E-state index contributed by atoms with van der Waals surface area (Å²) in [6.45, 7) is 4.04. The van der Waals surface area contributed by atoms with E-state index in [0.29, 0.717) is 17.5 Å². The van der Waals surface area contributed by atoms with E-state index in [1.807, 2.05) is 36.4 Å². The SMILES string of the molecule is C=Cc1ccc(-c2ccccc2)c(-c2nc(-c3ccccc3-c3ccccc3)nc(-c3ccccc3-c3ccccc3)n2)c1. The van der Waals surface area contributed by atoms with E-state index in [4.69, 9.17) is 15.0 Å². The van der Waals surface area contributed by atoms with E-state index in [1.54, 1.807) is 0 Å². The summed E-state index contributed by atoms with van der Waals surface area (Å²) in [4.78, 5) is 15.6. The number of hydrogen-bond acceptors (Lipinski definition) is 3. The smallest absolute Gasteiger partial charge is 0.164 e. The molecule has 0 radical (unpaired) electrons. The molecule has 7 aromatic rings. The third kappa shape index (κ3) is 5.35. The Labute approximate surface area is 257 Å². The summed E-state index contributed by atoms with van der Waals surface area (Å²) >= 11 is 0. The maximum Gasteiger partial charge on any atom is 0.164 e. The third-order valence-corrected chi connectivity index (χ3v) is 7.75. The summed E-state index contributed by atoms with van der Waals surface area (Å²) in [5, 5.41) is 0. The second kappa shape index (κ2) is 12.1. The van der Waals surface area contributed by atoms with Crippen molar-refractivity contribution in [3.05, 3.63) is 170 Å². The van der Waals surface area contributed by atoms with Crippen molar-refractivity contribution in [2.75, 3.05) is 0 Å². The Kier molecular flexibility index (Phi) is 7.42. The number of aromatic nitrogens is 3. The summed E-state index contributed by atoms with van der Waals surface area (Å²) in [6, 6.07) is 54.1. The van der Waals surface area contributed by atoms with Gasteiger partial charge in [0.15, 0.2) is 17.5 Å². The van der Waals surface area contributed by atoms with Crippen molar-refractivity contribution >= 4 is 6.08 Å². The predicted octanol–water partition coefficient (Wildman–Crippen LogP) is 10.5. The van der Waals surface area contributed by atoms with Crippen molar-refractivity contribution < 1.29 is 0 Å². The molecule has 44 heavy (non-hydrogen) atoms. The summed E-state index contributed by atoms with van der Waals surface area (Å²) in [5.74, 6) is 1.85. The molecule has 0 amide bonds. The molecular weight excluding hydrogens is 534 g/mol. The van der Waals surface area contributed by atoms with Crippen LogP contribution in [0.25, 0.3) is 73.6 Å².